The highest BCUT2D eigenvalue weighted by atomic mass is 32.2. The van der Waals surface area contributed by atoms with Gasteiger partial charge in [-0.05, 0) is 47.0 Å². The summed E-state index contributed by atoms with van der Waals surface area (Å²) in [5.74, 6) is 0.948. The van der Waals surface area contributed by atoms with Crippen LogP contribution in [-0.2, 0) is 20.2 Å². The Bertz CT molecular complexity index is 625. The minimum atomic E-state index is -2.39. The summed E-state index contributed by atoms with van der Waals surface area (Å²) in [7, 11) is -2.39. The Morgan fingerprint density at radius 3 is 2.32 bits per heavy atom. The zero-order valence-corrected chi connectivity index (χ0v) is 16.8. The van der Waals surface area contributed by atoms with Crippen molar-refractivity contribution >= 4 is 16.7 Å². The maximum atomic E-state index is 11.9. The Morgan fingerprint density at radius 1 is 1.12 bits per heavy atom. The third-order valence-corrected chi connectivity index (χ3v) is 4.61. The summed E-state index contributed by atoms with van der Waals surface area (Å²) < 4.78 is 32.1. The molecular formula is C17H30N2O5S. The van der Waals surface area contributed by atoms with Gasteiger partial charge in [-0.3, -0.25) is 4.79 Å². The van der Waals surface area contributed by atoms with Crippen molar-refractivity contribution in [2.75, 3.05) is 5.75 Å². The van der Waals surface area contributed by atoms with Gasteiger partial charge in [-0.2, -0.15) is 4.98 Å². The van der Waals surface area contributed by atoms with Crippen LogP contribution >= 0.6 is 0 Å². The quantitative estimate of drug-likeness (QED) is 0.524. The standard InChI is InChI=1S/C17H30N2O5S/c1-11(9-10-25(21)22)14-18-15(24-19-14)12(2)7-8-13(3)23-16(20)17(4,5)6/h11-13,25H,7-10H2,1-6H3. The number of carbonyl (C=O) groups excluding carboxylic acids is 1. The molecule has 0 N–H and O–H groups in total. The van der Waals surface area contributed by atoms with Crippen LogP contribution in [0.3, 0.4) is 0 Å². The monoisotopic (exact) mass is 374 g/mol. The lowest BCUT2D eigenvalue weighted by Crippen LogP contribution is -2.27. The van der Waals surface area contributed by atoms with E-state index < -0.39 is 16.1 Å². The molecule has 7 nitrogen and oxygen atoms in total. The number of carbonyl (C=O) groups is 1. The molecule has 0 aliphatic heterocycles. The van der Waals surface area contributed by atoms with E-state index in [1.54, 1.807) is 0 Å². The Hall–Kier alpha value is -1.44. The van der Waals surface area contributed by atoms with Crippen molar-refractivity contribution in [3.63, 3.8) is 0 Å². The fourth-order valence-corrected chi connectivity index (χ4v) is 2.70. The van der Waals surface area contributed by atoms with Gasteiger partial charge in [0.15, 0.2) is 5.82 Å². The van der Waals surface area contributed by atoms with Crippen molar-refractivity contribution in [1.82, 2.24) is 10.1 Å². The maximum Gasteiger partial charge on any atom is 0.311 e. The SMILES string of the molecule is CC(CCC(C)c1nc(C(C)CC[SH](=O)=O)no1)OC(=O)C(C)(C)C. The third-order valence-electron chi connectivity index (χ3n) is 3.99. The Morgan fingerprint density at radius 2 is 1.76 bits per heavy atom. The molecule has 25 heavy (non-hydrogen) atoms. The molecule has 0 aromatic carbocycles. The summed E-state index contributed by atoms with van der Waals surface area (Å²) in [6, 6.07) is 0. The molecule has 0 saturated carbocycles. The fourth-order valence-electron chi connectivity index (χ4n) is 2.10. The lowest BCUT2D eigenvalue weighted by atomic mass is 9.97. The van der Waals surface area contributed by atoms with Gasteiger partial charge >= 0.3 is 5.97 Å². The van der Waals surface area contributed by atoms with Crippen molar-refractivity contribution in [1.29, 1.82) is 0 Å². The van der Waals surface area contributed by atoms with Crippen molar-refractivity contribution < 1.29 is 22.5 Å². The molecule has 3 unspecified atom stereocenters. The van der Waals surface area contributed by atoms with Gasteiger partial charge < -0.3 is 9.26 Å². The van der Waals surface area contributed by atoms with Crippen LogP contribution in [0.1, 0.15) is 84.4 Å². The Labute approximate surface area is 151 Å². The molecule has 0 fully saturated rings. The van der Waals surface area contributed by atoms with Gasteiger partial charge in [-0.15, -0.1) is 0 Å². The third kappa shape index (κ3) is 7.54. The van der Waals surface area contributed by atoms with Crippen LogP contribution in [0.4, 0.5) is 0 Å². The predicted octanol–water partition coefficient (Wildman–Crippen LogP) is 3.04. The number of thiol groups is 1. The summed E-state index contributed by atoms with van der Waals surface area (Å²) in [6.45, 7) is 11.2. The number of rotatable bonds is 9. The molecule has 0 aliphatic carbocycles. The van der Waals surface area contributed by atoms with Crippen molar-refractivity contribution in [2.24, 2.45) is 5.41 Å². The molecule has 0 amide bonds. The molecule has 0 radical (unpaired) electrons. The molecule has 8 heteroatoms. The number of aromatic nitrogens is 2. The minimum absolute atomic E-state index is 0.0420. The number of hydrogen-bond acceptors (Lipinski definition) is 7. The number of hydrogen-bond donors (Lipinski definition) is 1. The van der Waals surface area contributed by atoms with Crippen molar-refractivity contribution in [3.05, 3.63) is 11.7 Å². The van der Waals surface area contributed by atoms with E-state index in [2.05, 4.69) is 10.1 Å². The highest BCUT2D eigenvalue weighted by Gasteiger charge is 2.25. The minimum Gasteiger partial charge on any atom is -0.462 e. The molecule has 0 bridgehead atoms. The largest absolute Gasteiger partial charge is 0.462 e. The molecular weight excluding hydrogens is 344 g/mol. The van der Waals surface area contributed by atoms with E-state index >= 15 is 0 Å². The summed E-state index contributed by atoms with van der Waals surface area (Å²) in [6.07, 6.45) is 1.75. The van der Waals surface area contributed by atoms with Crippen LogP contribution in [-0.4, -0.2) is 36.4 Å². The van der Waals surface area contributed by atoms with Crippen LogP contribution in [0.25, 0.3) is 0 Å². The molecule has 0 spiro atoms. The lowest BCUT2D eigenvalue weighted by Gasteiger charge is -2.21. The van der Waals surface area contributed by atoms with E-state index in [1.165, 1.54) is 0 Å². The normalized spacial score (nSPS) is 15.8. The molecule has 1 aromatic rings. The van der Waals surface area contributed by atoms with Crippen molar-refractivity contribution in [2.45, 2.75) is 78.7 Å². The summed E-state index contributed by atoms with van der Waals surface area (Å²) in [4.78, 5) is 16.3. The van der Waals surface area contributed by atoms with Gasteiger partial charge in [0, 0.05) is 17.6 Å². The first-order valence-electron chi connectivity index (χ1n) is 8.67. The number of ether oxygens (including phenoxy) is 1. The van der Waals surface area contributed by atoms with Crippen LogP contribution < -0.4 is 0 Å². The van der Waals surface area contributed by atoms with E-state index in [4.69, 9.17) is 9.26 Å². The van der Waals surface area contributed by atoms with Gasteiger partial charge in [-0.25, -0.2) is 8.42 Å². The zero-order valence-electron chi connectivity index (χ0n) is 15.9. The summed E-state index contributed by atoms with van der Waals surface area (Å²) in [5.41, 5.74) is -0.508. The van der Waals surface area contributed by atoms with Crippen LogP contribution in [0.15, 0.2) is 4.52 Å². The molecule has 1 rings (SSSR count). The first kappa shape index (κ1) is 21.6. The Balaban J connectivity index is 2.50. The van der Waals surface area contributed by atoms with E-state index in [0.29, 0.717) is 24.6 Å². The first-order chi connectivity index (χ1) is 11.5. The topological polar surface area (TPSA) is 99.4 Å². The molecule has 0 aliphatic rings. The second kappa shape index (κ2) is 9.31. The zero-order chi connectivity index (χ0) is 19.2. The maximum absolute atomic E-state index is 11.9. The van der Waals surface area contributed by atoms with Gasteiger partial charge in [-0.1, -0.05) is 19.0 Å². The number of esters is 1. The number of nitrogens with zero attached hydrogens (tertiary/aromatic N) is 2. The van der Waals surface area contributed by atoms with Gasteiger partial charge in [0.2, 0.25) is 5.89 Å². The van der Waals surface area contributed by atoms with E-state index in [9.17, 15) is 13.2 Å². The van der Waals surface area contributed by atoms with E-state index in [1.807, 2.05) is 41.5 Å². The summed E-state index contributed by atoms with van der Waals surface area (Å²) >= 11 is 0. The van der Waals surface area contributed by atoms with Crippen LogP contribution in [0.2, 0.25) is 0 Å². The molecule has 1 heterocycles. The Kier molecular flexibility index (Phi) is 8.05. The van der Waals surface area contributed by atoms with Gasteiger partial charge in [0.05, 0.1) is 11.5 Å². The predicted molar refractivity (Wildman–Crippen MR) is 95.2 cm³/mol. The second-order valence-corrected chi connectivity index (χ2v) is 8.79. The van der Waals surface area contributed by atoms with Crippen LogP contribution in [0, 0.1) is 5.41 Å². The highest BCUT2D eigenvalue weighted by Crippen LogP contribution is 2.24. The van der Waals surface area contributed by atoms with E-state index in [-0.39, 0.29) is 29.7 Å². The first-order valence-corrected chi connectivity index (χ1v) is 10.0. The average Bonchev–Trinajstić information content (AvgIpc) is 2.99. The summed E-state index contributed by atoms with van der Waals surface area (Å²) in [5, 5.41) is 3.95. The smallest absolute Gasteiger partial charge is 0.311 e. The molecule has 1 aromatic heterocycles. The highest BCUT2D eigenvalue weighted by molar-refractivity contribution is 7.72. The van der Waals surface area contributed by atoms with Crippen LogP contribution in [0.5, 0.6) is 0 Å². The average molecular weight is 375 g/mol. The molecule has 3 atom stereocenters. The molecule has 144 valence electrons. The van der Waals surface area contributed by atoms with Gasteiger partial charge in [0.1, 0.15) is 10.7 Å². The molecule has 0 saturated heterocycles. The van der Waals surface area contributed by atoms with Crippen molar-refractivity contribution in [3.8, 4) is 0 Å². The van der Waals surface area contributed by atoms with Gasteiger partial charge in [0.25, 0.3) is 0 Å². The second-order valence-electron chi connectivity index (χ2n) is 7.68. The fraction of sp³-hybridized carbons (Fsp3) is 0.824. The van der Waals surface area contributed by atoms with E-state index in [0.717, 1.165) is 6.42 Å². The lowest BCUT2D eigenvalue weighted by molar-refractivity contribution is -0.158.